The van der Waals surface area contributed by atoms with Crippen LogP contribution in [0.2, 0.25) is 0 Å². The van der Waals surface area contributed by atoms with E-state index >= 15 is 0 Å². The van der Waals surface area contributed by atoms with Gasteiger partial charge in [0.15, 0.2) is 17.5 Å². The van der Waals surface area contributed by atoms with E-state index in [1.54, 1.807) is 20.4 Å². The molecule has 2 heterocycles. The third-order valence-electron chi connectivity index (χ3n) is 5.78. The summed E-state index contributed by atoms with van der Waals surface area (Å²) in [7, 11) is 3.26. The van der Waals surface area contributed by atoms with Crippen molar-refractivity contribution in [3.05, 3.63) is 58.2 Å². The molecule has 0 spiro atoms. The monoisotopic (exact) mass is 421 g/mol. The number of benzene rings is 1. The number of hydrogen-bond donors (Lipinski definition) is 0. The zero-order valence-corrected chi connectivity index (χ0v) is 17.6. The minimum atomic E-state index is -1.57. The first kappa shape index (κ1) is 22.1. The van der Waals surface area contributed by atoms with Crippen LogP contribution >= 0.6 is 0 Å². The van der Waals surface area contributed by atoms with E-state index in [-0.39, 0.29) is 11.6 Å². The number of halogens is 3. The molecule has 0 unspecified atom stereocenters. The second-order valence-corrected chi connectivity index (χ2v) is 7.72. The summed E-state index contributed by atoms with van der Waals surface area (Å²) >= 11 is 0. The molecule has 0 saturated carbocycles. The maximum absolute atomic E-state index is 13.5. The number of ether oxygens (including phenoxy) is 1. The Morgan fingerprint density at radius 2 is 1.80 bits per heavy atom. The van der Waals surface area contributed by atoms with Gasteiger partial charge in [0.1, 0.15) is 5.75 Å². The van der Waals surface area contributed by atoms with Crippen LogP contribution in [0, 0.1) is 31.3 Å². The second kappa shape index (κ2) is 9.04. The lowest BCUT2D eigenvalue weighted by Gasteiger charge is -2.37. The molecule has 1 saturated heterocycles. The lowest BCUT2D eigenvalue weighted by molar-refractivity contribution is 0.0634. The Hall–Kier alpha value is -2.61. The predicted octanol–water partition coefficient (Wildman–Crippen LogP) is 3.86. The van der Waals surface area contributed by atoms with Crippen molar-refractivity contribution in [3.8, 4) is 5.75 Å². The highest BCUT2D eigenvalue weighted by Gasteiger charge is 2.27. The van der Waals surface area contributed by atoms with Crippen molar-refractivity contribution < 1.29 is 22.7 Å². The van der Waals surface area contributed by atoms with Crippen LogP contribution in [0.1, 0.15) is 40.0 Å². The van der Waals surface area contributed by atoms with Gasteiger partial charge in [0, 0.05) is 55.6 Å². The number of rotatable bonds is 5. The molecular formula is C22H26F3N3O2. The van der Waals surface area contributed by atoms with Crippen molar-refractivity contribution in [1.29, 1.82) is 0 Å². The minimum absolute atomic E-state index is 0.0634. The van der Waals surface area contributed by atoms with Gasteiger partial charge >= 0.3 is 0 Å². The average Bonchev–Trinajstić information content (AvgIpc) is 2.73. The van der Waals surface area contributed by atoms with E-state index in [4.69, 9.17) is 4.74 Å². The number of likely N-dealkylation sites (tertiary alicyclic amines) is 1. The van der Waals surface area contributed by atoms with Crippen molar-refractivity contribution in [2.24, 2.45) is 0 Å². The van der Waals surface area contributed by atoms with Gasteiger partial charge in [-0.3, -0.25) is 14.7 Å². The first-order valence-electron chi connectivity index (χ1n) is 9.86. The molecule has 0 aliphatic carbocycles. The number of hydrogen-bond acceptors (Lipinski definition) is 4. The van der Waals surface area contributed by atoms with Gasteiger partial charge < -0.3 is 9.64 Å². The van der Waals surface area contributed by atoms with Crippen LogP contribution in [-0.4, -0.2) is 54.0 Å². The summed E-state index contributed by atoms with van der Waals surface area (Å²) in [5.74, 6) is -3.97. The quantitative estimate of drug-likeness (QED) is 0.688. The highest BCUT2D eigenvalue weighted by molar-refractivity contribution is 5.94. The molecule has 1 aromatic carbocycles. The van der Waals surface area contributed by atoms with Crippen molar-refractivity contribution in [3.63, 3.8) is 0 Å². The first-order chi connectivity index (χ1) is 14.2. The summed E-state index contributed by atoms with van der Waals surface area (Å²) in [6.45, 7) is 6.15. The SMILES string of the molecule is COc1c(C)cnc(CN2CCC(N(C)C(=O)c3cc(F)c(F)c(F)c3)CC2)c1C. The van der Waals surface area contributed by atoms with Crippen LogP contribution < -0.4 is 4.74 Å². The number of carbonyl (C=O) groups excluding carboxylic acids is 1. The Balaban J connectivity index is 1.62. The van der Waals surface area contributed by atoms with Crippen molar-refractivity contribution in [1.82, 2.24) is 14.8 Å². The van der Waals surface area contributed by atoms with Gasteiger partial charge in [-0.25, -0.2) is 13.2 Å². The number of methoxy groups -OCH3 is 1. The number of aromatic nitrogens is 1. The topological polar surface area (TPSA) is 45.7 Å². The molecule has 30 heavy (non-hydrogen) atoms. The molecule has 0 N–H and O–H groups in total. The molecule has 0 radical (unpaired) electrons. The van der Waals surface area contributed by atoms with E-state index in [0.29, 0.717) is 6.54 Å². The number of amides is 1. The third-order valence-corrected chi connectivity index (χ3v) is 5.78. The maximum atomic E-state index is 13.5. The van der Waals surface area contributed by atoms with Crippen LogP contribution in [0.3, 0.4) is 0 Å². The Bertz CT molecular complexity index is 920. The predicted molar refractivity (Wildman–Crippen MR) is 107 cm³/mol. The summed E-state index contributed by atoms with van der Waals surface area (Å²) in [5.41, 5.74) is 2.78. The normalized spacial score (nSPS) is 15.3. The molecule has 1 aliphatic rings. The lowest BCUT2D eigenvalue weighted by Crippen LogP contribution is -2.45. The van der Waals surface area contributed by atoms with E-state index in [2.05, 4.69) is 9.88 Å². The highest BCUT2D eigenvalue weighted by atomic mass is 19.2. The fourth-order valence-corrected chi connectivity index (χ4v) is 3.96. The van der Waals surface area contributed by atoms with Crippen molar-refractivity contribution in [2.75, 3.05) is 27.2 Å². The van der Waals surface area contributed by atoms with E-state index < -0.39 is 23.4 Å². The number of piperidine rings is 1. The Labute approximate surface area is 174 Å². The third kappa shape index (κ3) is 4.43. The highest BCUT2D eigenvalue weighted by Crippen LogP contribution is 2.26. The van der Waals surface area contributed by atoms with Crippen LogP contribution in [0.25, 0.3) is 0 Å². The molecule has 3 rings (SSSR count). The van der Waals surface area contributed by atoms with Gasteiger partial charge in [0.05, 0.1) is 12.8 Å². The summed E-state index contributed by atoms with van der Waals surface area (Å²) in [6.07, 6.45) is 3.24. The molecule has 2 aromatic rings. The minimum Gasteiger partial charge on any atom is -0.496 e. The van der Waals surface area contributed by atoms with E-state index in [1.165, 1.54) is 4.90 Å². The zero-order chi connectivity index (χ0) is 22.0. The van der Waals surface area contributed by atoms with Crippen LogP contribution in [0.4, 0.5) is 13.2 Å². The van der Waals surface area contributed by atoms with Gasteiger partial charge in [0.25, 0.3) is 5.91 Å². The van der Waals surface area contributed by atoms with Crippen molar-refractivity contribution in [2.45, 2.75) is 39.3 Å². The van der Waals surface area contributed by atoms with E-state index in [9.17, 15) is 18.0 Å². The average molecular weight is 421 g/mol. The second-order valence-electron chi connectivity index (χ2n) is 7.72. The number of aryl methyl sites for hydroxylation is 1. The molecule has 0 bridgehead atoms. The maximum Gasteiger partial charge on any atom is 0.254 e. The van der Waals surface area contributed by atoms with Gasteiger partial charge in [-0.15, -0.1) is 0 Å². The lowest BCUT2D eigenvalue weighted by atomic mass is 10.0. The summed E-state index contributed by atoms with van der Waals surface area (Å²) in [6, 6.07) is 1.42. The van der Waals surface area contributed by atoms with E-state index in [0.717, 1.165) is 60.6 Å². The fraction of sp³-hybridized carbons (Fsp3) is 0.455. The van der Waals surface area contributed by atoms with E-state index in [1.807, 2.05) is 13.8 Å². The molecule has 8 heteroatoms. The first-order valence-corrected chi connectivity index (χ1v) is 9.86. The van der Waals surface area contributed by atoms with Gasteiger partial charge in [0.2, 0.25) is 0 Å². The fourth-order valence-electron chi connectivity index (χ4n) is 3.96. The van der Waals surface area contributed by atoms with Crippen LogP contribution in [0.5, 0.6) is 5.75 Å². The smallest absolute Gasteiger partial charge is 0.254 e. The molecule has 0 atom stereocenters. The number of nitrogens with zero attached hydrogens (tertiary/aromatic N) is 3. The largest absolute Gasteiger partial charge is 0.496 e. The summed E-state index contributed by atoms with van der Waals surface area (Å²) in [5, 5.41) is 0. The summed E-state index contributed by atoms with van der Waals surface area (Å²) < 4.78 is 45.6. The molecule has 162 valence electrons. The molecule has 1 aliphatic heterocycles. The Morgan fingerprint density at radius 3 is 2.37 bits per heavy atom. The van der Waals surface area contributed by atoms with Crippen molar-refractivity contribution >= 4 is 5.91 Å². The molecular weight excluding hydrogens is 395 g/mol. The van der Waals surface area contributed by atoms with Gasteiger partial charge in [-0.2, -0.15) is 0 Å². The van der Waals surface area contributed by atoms with Crippen LogP contribution in [-0.2, 0) is 6.54 Å². The number of pyridine rings is 1. The molecule has 1 fully saturated rings. The standard InChI is InChI=1S/C22H26F3N3O2/c1-13-11-26-19(14(2)21(13)30-4)12-28-7-5-16(6-8-28)27(3)22(29)15-9-17(23)20(25)18(24)10-15/h9-11,16H,5-8,12H2,1-4H3. The number of carbonyl (C=O) groups is 1. The Kier molecular flexibility index (Phi) is 6.65. The summed E-state index contributed by atoms with van der Waals surface area (Å²) in [4.78, 5) is 20.9. The molecule has 5 nitrogen and oxygen atoms in total. The van der Waals surface area contributed by atoms with Gasteiger partial charge in [-0.1, -0.05) is 0 Å². The molecule has 1 amide bonds. The molecule has 1 aromatic heterocycles. The van der Waals surface area contributed by atoms with Gasteiger partial charge in [-0.05, 0) is 38.8 Å². The zero-order valence-electron chi connectivity index (χ0n) is 17.6. The Morgan fingerprint density at radius 1 is 1.20 bits per heavy atom. The van der Waals surface area contributed by atoms with Crippen LogP contribution in [0.15, 0.2) is 18.3 Å².